The number of carbonyl (C=O) groups excluding carboxylic acids is 1. The summed E-state index contributed by atoms with van der Waals surface area (Å²) in [6.45, 7) is 0.725. The Balaban J connectivity index is 0.00000248. The lowest BCUT2D eigenvalue weighted by molar-refractivity contribution is -0.145. The van der Waals surface area contributed by atoms with E-state index in [4.69, 9.17) is 0 Å². The van der Waals surface area contributed by atoms with Gasteiger partial charge in [-0.05, 0) is 49.6 Å². The van der Waals surface area contributed by atoms with Crippen molar-refractivity contribution in [3.05, 3.63) is 71.4 Å². The predicted molar refractivity (Wildman–Crippen MR) is 135 cm³/mol. The molecule has 1 fully saturated rings. The molecular formula is C26H21F8N5O3S. The van der Waals surface area contributed by atoms with Crippen molar-refractivity contribution < 1.29 is 48.3 Å². The van der Waals surface area contributed by atoms with Crippen LogP contribution in [-0.4, -0.2) is 45.7 Å². The maximum Gasteiger partial charge on any atom is 0.451 e. The lowest BCUT2D eigenvalue weighted by Crippen LogP contribution is -2.48. The second-order valence-electron chi connectivity index (χ2n) is 9.09. The fourth-order valence-corrected chi connectivity index (χ4v) is 6.19. The number of carbonyl (C=O) groups is 1. The Bertz CT molecular complexity index is 1610. The lowest BCUT2D eigenvalue weighted by atomic mass is 10.1. The van der Waals surface area contributed by atoms with Crippen molar-refractivity contribution in [2.75, 3.05) is 0 Å². The van der Waals surface area contributed by atoms with Crippen LogP contribution in [0, 0.1) is 24.5 Å². The number of rotatable bonds is 6. The van der Waals surface area contributed by atoms with Crippen molar-refractivity contribution in [1.29, 1.82) is 0 Å². The van der Waals surface area contributed by atoms with E-state index in [1.165, 1.54) is 6.92 Å². The van der Waals surface area contributed by atoms with E-state index in [0.29, 0.717) is 18.3 Å². The number of nitrogens with one attached hydrogen (secondary N) is 1. The number of nitrogens with zero attached hydrogens (tertiary/aromatic N) is 4. The normalized spacial score (nSPS) is 17.7. The number of benzene rings is 1. The molecular weight excluding hydrogens is 614 g/mol. The van der Waals surface area contributed by atoms with E-state index < -0.39 is 80.4 Å². The SMILES string of the molecule is C#C.C[C@H]1CC[C@@H](C(=O)NCc2cc(-c3cnc(C(F)(F)F)nc3)ncc2C(F)(F)F)N1S(=O)(=O)c1ccc(F)c(F)c1. The van der Waals surface area contributed by atoms with Crippen LogP contribution in [0.3, 0.4) is 0 Å². The van der Waals surface area contributed by atoms with Crippen molar-refractivity contribution >= 4 is 15.9 Å². The zero-order valence-electron chi connectivity index (χ0n) is 21.9. The van der Waals surface area contributed by atoms with Gasteiger partial charge in [0.1, 0.15) is 6.04 Å². The maximum atomic E-state index is 13.7. The highest BCUT2D eigenvalue weighted by atomic mass is 32.2. The van der Waals surface area contributed by atoms with Crippen molar-refractivity contribution in [2.24, 2.45) is 0 Å². The summed E-state index contributed by atoms with van der Waals surface area (Å²) in [5, 5.41) is 2.27. The van der Waals surface area contributed by atoms with Crippen LogP contribution >= 0.6 is 0 Å². The topological polar surface area (TPSA) is 105 Å². The molecule has 1 aromatic carbocycles. The number of sulfonamides is 1. The summed E-state index contributed by atoms with van der Waals surface area (Å²) in [4.78, 5) is 22.4. The third kappa shape index (κ3) is 7.25. The Morgan fingerprint density at radius 2 is 1.58 bits per heavy atom. The summed E-state index contributed by atoms with van der Waals surface area (Å²) in [7, 11) is -4.51. The van der Waals surface area contributed by atoms with Gasteiger partial charge in [0.15, 0.2) is 11.6 Å². The lowest BCUT2D eigenvalue weighted by Gasteiger charge is -2.27. The van der Waals surface area contributed by atoms with Crippen molar-refractivity contribution in [3.8, 4) is 24.1 Å². The molecule has 4 rings (SSSR count). The molecule has 1 N–H and O–H groups in total. The Hall–Kier alpha value is -4.17. The van der Waals surface area contributed by atoms with E-state index >= 15 is 0 Å². The van der Waals surface area contributed by atoms with Gasteiger partial charge in [-0.25, -0.2) is 27.2 Å². The number of hydrogen-bond donors (Lipinski definition) is 1. The van der Waals surface area contributed by atoms with Gasteiger partial charge in [0.05, 0.1) is 16.2 Å². The minimum absolute atomic E-state index is 0.00742. The van der Waals surface area contributed by atoms with Crippen LogP contribution in [0.5, 0.6) is 0 Å². The molecule has 0 unspecified atom stereocenters. The van der Waals surface area contributed by atoms with Crippen molar-refractivity contribution in [3.63, 3.8) is 0 Å². The van der Waals surface area contributed by atoms with Gasteiger partial charge in [0.2, 0.25) is 21.8 Å². The fourth-order valence-electron chi connectivity index (χ4n) is 4.33. The third-order valence-electron chi connectivity index (χ3n) is 6.32. The molecule has 1 amide bonds. The molecule has 0 radical (unpaired) electrons. The van der Waals surface area contributed by atoms with Gasteiger partial charge >= 0.3 is 12.4 Å². The zero-order valence-corrected chi connectivity index (χ0v) is 22.7. The molecule has 2 aromatic heterocycles. The van der Waals surface area contributed by atoms with E-state index in [0.717, 1.165) is 28.8 Å². The number of aromatic nitrogens is 3. The highest BCUT2D eigenvalue weighted by Crippen LogP contribution is 2.35. The van der Waals surface area contributed by atoms with E-state index in [-0.39, 0.29) is 24.1 Å². The Morgan fingerprint density at radius 3 is 2.14 bits per heavy atom. The first-order valence-corrected chi connectivity index (χ1v) is 13.5. The van der Waals surface area contributed by atoms with Gasteiger partial charge < -0.3 is 5.32 Å². The average molecular weight is 636 g/mol. The molecule has 17 heteroatoms. The largest absolute Gasteiger partial charge is 0.451 e. The summed E-state index contributed by atoms with van der Waals surface area (Å²) in [6.07, 6.45) is 0.321. The quantitative estimate of drug-likeness (QED) is 0.303. The van der Waals surface area contributed by atoms with Gasteiger partial charge in [0.25, 0.3) is 0 Å². The molecule has 3 heterocycles. The van der Waals surface area contributed by atoms with Crippen LogP contribution in [0.4, 0.5) is 35.1 Å². The molecule has 0 aliphatic carbocycles. The summed E-state index contributed by atoms with van der Waals surface area (Å²) >= 11 is 0. The molecule has 43 heavy (non-hydrogen) atoms. The Labute approximate surface area is 240 Å². The van der Waals surface area contributed by atoms with Crippen LogP contribution in [0.1, 0.15) is 36.7 Å². The first kappa shape index (κ1) is 33.3. The molecule has 3 aromatic rings. The highest BCUT2D eigenvalue weighted by molar-refractivity contribution is 7.89. The molecule has 1 saturated heterocycles. The zero-order chi connectivity index (χ0) is 32.3. The van der Waals surface area contributed by atoms with Crippen molar-refractivity contribution in [1.82, 2.24) is 24.6 Å². The Kier molecular flexibility index (Phi) is 9.76. The molecule has 8 nitrogen and oxygen atoms in total. The molecule has 1 aliphatic rings. The number of alkyl halides is 6. The highest BCUT2D eigenvalue weighted by Gasteiger charge is 2.44. The Morgan fingerprint density at radius 1 is 0.953 bits per heavy atom. The molecule has 0 saturated carbocycles. The summed E-state index contributed by atoms with van der Waals surface area (Å²) in [5.41, 5.74) is -2.11. The van der Waals surface area contributed by atoms with E-state index in [1.54, 1.807) is 0 Å². The monoisotopic (exact) mass is 635 g/mol. The number of terminal acetylenes is 1. The summed E-state index contributed by atoms with van der Waals surface area (Å²) in [5.74, 6) is -5.13. The van der Waals surface area contributed by atoms with Crippen LogP contribution in [0.15, 0.2) is 47.8 Å². The second kappa shape index (κ2) is 12.6. The number of halogens is 8. The number of hydrogen-bond acceptors (Lipinski definition) is 6. The molecule has 0 bridgehead atoms. The molecule has 0 spiro atoms. The van der Waals surface area contributed by atoms with E-state index in [1.807, 2.05) is 0 Å². The van der Waals surface area contributed by atoms with Gasteiger partial charge in [-0.2, -0.15) is 30.6 Å². The minimum atomic E-state index is -4.92. The maximum absolute atomic E-state index is 13.7. The first-order valence-electron chi connectivity index (χ1n) is 12.1. The number of pyridine rings is 1. The van der Waals surface area contributed by atoms with Crippen LogP contribution in [0.2, 0.25) is 0 Å². The third-order valence-corrected chi connectivity index (χ3v) is 8.34. The molecule has 2 atom stereocenters. The van der Waals surface area contributed by atoms with E-state index in [9.17, 15) is 48.3 Å². The predicted octanol–water partition coefficient (Wildman–Crippen LogP) is 4.96. The van der Waals surface area contributed by atoms with Crippen LogP contribution < -0.4 is 5.32 Å². The summed E-state index contributed by atoms with van der Waals surface area (Å²) < 4.78 is 133. The summed E-state index contributed by atoms with van der Waals surface area (Å²) in [6, 6.07) is 0.668. The second-order valence-corrected chi connectivity index (χ2v) is 10.9. The molecule has 1 aliphatic heterocycles. The van der Waals surface area contributed by atoms with E-state index in [2.05, 4.69) is 33.1 Å². The molecule has 230 valence electrons. The fraction of sp³-hybridized carbons (Fsp3) is 0.308. The minimum Gasteiger partial charge on any atom is -0.351 e. The van der Waals surface area contributed by atoms with Gasteiger partial charge in [-0.1, -0.05) is 0 Å². The van der Waals surface area contributed by atoms with Crippen LogP contribution in [0.25, 0.3) is 11.3 Å². The van der Waals surface area contributed by atoms with Gasteiger partial charge in [-0.3, -0.25) is 9.78 Å². The van der Waals surface area contributed by atoms with Crippen LogP contribution in [-0.2, 0) is 33.7 Å². The average Bonchev–Trinajstić information content (AvgIpc) is 3.35. The smallest absolute Gasteiger partial charge is 0.351 e. The standard InChI is InChI=1S/C24H19F8N5O3S.C2H2/c1-12-2-5-20(37(12)41(39,40)15-3-4-17(25)18(26)7-15)21(38)34-8-13-6-19(33-11-16(13)23(27,28)29)14-9-35-22(36-10-14)24(30,31)32;1-2/h3-4,6-7,9-12,20H,2,5,8H2,1H3,(H,34,38);1-2H/t12-,20-;/m0./s1. The number of amides is 1. The van der Waals surface area contributed by atoms with Gasteiger partial charge in [-0.15, -0.1) is 12.8 Å². The van der Waals surface area contributed by atoms with Gasteiger partial charge in [0, 0.05) is 36.7 Å². The van der Waals surface area contributed by atoms with Crippen molar-refractivity contribution in [2.45, 2.75) is 55.6 Å². The first-order chi connectivity index (χ1) is 20.0.